The molecule has 0 aliphatic carbocycles. The molecule has 1 aromatic rings. The van der Waals surface area contributed by atoms with Crippen molar-refractivity contribution in [1.29, 1.82) is 0 Å². The van der Waals surface area contributed by atoms with E-state index in [1.165, 1.54) is 5.56 Å². The molecule has 1 unspecified atom stereocenters. The molecule has 0 fully saturated rings. The van der Waals surface area contributed by atoms with Gasteiger partial charge in [-0.1, -0.05) is 31.5 Å². The van der Waals surface area contributed by atoms with E-state index in [-0.39, 0.29) is 17.9 Å². The minimum absolute atomic E-state index is 0.0318. The first-order valence-electron chi connectivity index (χ1n) is 7.11. The van der Waals surface area contributed by atoms with Crippen LogP contribution in [0, 0.1) is 12.8 Å². The van der Waals surface area contributed by atoms with E-state index in [0.717, 1.165) is 17.9 Å². The summed E-state index contributed by atoms with van der Waals surface area (Å²) in [6.07, 6.45) is 0. The zero-order valence-electron chi connectivity index (χ0n) is 13.1. The summed E-state index contributed by atoms with van der Waals surface area (Å²) in [5.41, 5.74) is 2.35. The molecule has 0 heterocycles. The van der Waals surface area contributed by atoms with Gasteiger partial charge < -0.3 is 15.4 Å². The second kappa shape index (κ2) is 7.90. The Balaban J connectivity index is 2.49. The van der Waals surface area contributed by atoms with Gasteiger partial charge in [-0.25, -0.2) is 0 Å². The number of amides is 1. The first-order chi connectivity index (χ1) is 9.45. The van der Waals surface area contributed by atoms with Gasteiger partial charge in [-0.15, -0.1) is 0 Å². The summed E-state index contributed by atoms with van der Waals surface area (Å²) in [6.45, 7) is 9.32. The largest absolute Gasteiger partial charge is 0.496 e. The van der Waals surface area contributed by atoms with Crippen molar-refractivity contribution in [3.05, 3.63) is 29.3 Å². The standard InChI is InChI=1S/C16H26N2O2/c1-11(2)16(19)18-9-8-17-13(4)14-10-12(3)6-7-15(14)20-5/h6-7,10-11,13,17H,8-9H2,1-5H3,(H,18,19). The zero-order chi connectivity index (χ0) is 15.1. The highest BCUT2D eigenvalue weighted by Crippen LogP contribution is 2.25. The van der Waals surface area contributed by atoms with Crippen LogP contribution >= 0.6 is 0 Å². The maximum Gasteiger partial charge on any atom is 0.222 e. The van der Waals surface area contributed by atoms with Gasteiger partial charge >= 0.3 is 0 Å². The van der Waals surface area contributed by atoms with Crippen molar-refractivity contribution in [3.63, 3.8) is 0 Å². The molecule has 0 aliphatic rings. The highest BCUT2D eigenvalue weighted by atomic mass is 16.5. The van der Waals surface area contributed by atoms with E-state index in [1.54, 1.807) is 7.11 Å². The van der Waals surface area contributed by atoms with Crippen molar-refractivity contribution >= 4 is 5.91 Å². The Labute approximate surface area is 121 Å². The Kier molecular flexibility index (Phi) is 6.52. The quantitative estimate of drug-likeness (QED) is 0.753. The third kappa shape index (κ3) is 4.85. The van der Waals surface area contributed by atoms with Crippen molar-refractivity contribution in [2.24, 2.45) is 5.92 Å². The normalized spacial score (nSPS) is 12.3. The van der Waals surface area contributed by atoms with Crippen LogP contribution in [0.3, 0.4) is 0 Å². The summed E-state index contributed by atoms with van der Waals surface area (Å²) < 4.78 is 5.39. The van der Waals surface area contributed by atoms with Crippen LogP contribution in [0.25, 0.3) is 0 Å². The highest BCUT2D eigenvalue weighted by Gasteiger charge is 2.11. The van der Waals surface area contributed by atoms with Crippen molar-refractivity contribution in [3.8, 4) is 5.75 Å². The Morgan fingerprint density at radius 3 is 2.55 bits per heavy atom. The number of hydrogen-bond donors (Lipinski definition) is 2. The number of aryl methyl sites for hydroxylation is 1. The third-order valence-corrected chi connectivity index (χ3v) is 3.25. The number of methoxy groups -OCH3 is 1. The summed E-state index contributed by atoms with van der Waals surface area (Å²) in [5, 5.41) is 6.30. The maximum atomic E-state index is 11.4. The summed E-state index contributed by atoms with van der Waals surface area (Å²) in [6, 6.07) is 6.34. The van der Waals surface area contributed by atoms with E-state index in [0.29, 0.717) is 6.54 Å². The lowest BCUT2D eigenvalue weighted by atomic mass is 10.0. The molecule has 0 saturated heterocycles. The fourth-order valence-electron chi connectivity index (χ4n) is 1.98. The van der Waals surface area contributed by atoms with Crippen LogP contribution in [-0.2, 0) is 4.79 Å². The molecule has 1 amide bonds. The molecule has 0 saturated carbocycles. The Bertz CT molecular complexity index is 444. The number of benzene rings is 1. The van der Waals surface area contributed by atoms with Crippen molar-refractivity contribution in [1.82, 2.24) is 10.6 Å². The molecular weight excluding hydrogens is 252 g/mol. The van der Waals surface area contributed by atoms with Crippen LogP contribution in [0.5, 0.6) is 5.75 Å². The van der Waals surface area contributed by atoms with Gasteiger partial charge in [0.25, 0.3) is 0 Å². The van der Waals surface area contributed by atoms with E-state index in [4.69, 9.17) is 4.74 Å². The lowest BCUT2D eigenvalue weighted by molar-refractivity contribution is -0.123. The Morgan fingerprint density at radius 1 is 1.25 bits per heavy atom. The molecule has 4 nitrogen and oxygen atoms in total. The van der Waals surface area contributed by atoms with Gasteiger partial charge in [-0.05, 0) is 19.9 Å². The SMILES string of the molecule is COc1ccc(C)cc1C(C)NCCNC(=O)C(C)C. The van der Waals surface area contributed by atoms with Crippen LogP contribution in [0.1, 0.15) is 37.9 Å². The Hall–Kier alpha value is -1.55. The minimum atomic E-state index is 0.0318. The monoisotopic (exact) mass is 278 g/mol. The summed E-state index contributed by atoms with van der Waals surface area (Å²) >= 11 is 0. The van der Waals surface area contributed by atoms with E-state index in [2.05, 4.69) is 30.5 Å². The molecule has 0 aliphatic heterocycles. The van der Waals surface area contributed by atoms with Gasteiger partial charge in [-0.2, -0.15) is 0 Å². The van der Waals surface area contributed by atoms with Crippen LogP contribution in [-0.4, -0.2) is 26.1 Å². The zero-order valence-corrected chi connectivity index (χ0v) is 13.1. The van der Waals surface area contributed by atoms with Crippen molar-refractivity contribution in [2.75, 3.05) is 20.2 Å². The van der Waals surface area contributed by atoms with Gasteiger partial charge in [0.05, 0.1) is 7.11 Å². The first-order valence-corrected chi connectivity index (χ1v) is 7.11. The molecule has 1 rings (SSSR count). The van der Waals surface area contributed by atoms with Gasteiger partial charge in [-0.3, -0.25) is 4.79 Å². The molecule has 2 N–H and O–H groups in total. The predicted octanol–water partition coefficient (Wildman–Crippen LogP) is 2.43. The lowest BCUT2D eigenvalue weighted by Gasteiger charge is -2.18. The Morgan fingerprint density at radius 2 is 1.95 bits per heavy atom. The number of rotatable bonds is 7. The summed E-state index contributed by atoms with van der Waals surface area (Å²) in [4.78, 5) is 11.4. The minimum Gasteiger partial charge on any atom is -0.496 e. The van der Waals surface area contributed by atoms with Crippen LogP contribution in [0.15, 0.2) is 18.2 Å². The number of hydrogen-bond acceptors (Lipinski definition) is 3. The van der Waals surface area contributed by atoms with Gasteiger partial charge in [0.1, 0.15) is 5.75 Å². The molecule has 0 radical (unpaired) electrons. The molecule has 4 heteroatoms. The fraction of sp³-hybridized carbons (Fsp3) is 0.562. The number of carbonyl (C=O) groups is 1. The van der Waals surface area contributed by atoms with E-state index >= 15 is 0 Å². The third-order valence-electron chi connectivity index (χ3n) is 3.25. The lowest BCUT2D eigenvalue weighted by Crippen LogP contribution is -2.35. The topological polar surface area (TPSA) is 50.4 Å². The number of ether oxygens (including phenoxy) is 1. The average molecular weight is 278 g/mol. The smallest absolute Gasteiger partial charge is 0.222 e. The molecular formula is C16H26N2O2. The first kappa shape index (κ1) is 16.5. The summed E-state index contributed by atoms with van der Waals surface area (Å²) in [5.74, 6) is 1.01. The van der Waals surface area contributed by atoms with E-state index in [1.807, 2.05) is 26.0 Å². The fourth-order valence-corrected chi connectivity index (χ4v) is 1.98. The van der Waals surface area contributed by atoms with Crippen molar-refractivity contribution in [2.45, 2.75) is 33.7 Å². The maximum absolute atomic E-state index is 11.4. The van der Waals surface area contributed by atoms with Crippen LogP contribution in [0.4, 0.5) is 0 Å². The molecule has 112 valence electrons. The number of nitrogens with one attached hydrogen (secondary N) is 2. The van der Waals surface area contributed by atoms with Crippen molar-refractivity contribution < 1.29 is 9.53 Å². The molecule has 20 heavy (non-hydrogen) atoms. The molecule has 0 aromatic heterocycles. The highest BCUT2D eigenvalue weighted by molar-refractivity contribution is 5.77. The van der Waals surface area contributed by atoms with Gasteiger partial charge in [0, 0.05) is 30.6 Å². The van der Waals surface area contributed by atoms with Crippen LogP contribution in [0.2, 0.25) is 0 Å². The molecule has 1 aromatic carbocycles. The average Bonchev–Trinajstić information content (AvgIpc) is 2.42. The number of carbonyl (C=O) groups excluding carboxylic acids is 1. The molecule has 0 spiro atoms. The summed E-state index contributed by atoms with van der Waals surface area (Å²) in [7, 11) is 1.68. The predicted molar refractivity (Wildman–Crippen MR) is 82.0 cm³/mol. The van der Waals surface area contributed by atoms with Crippen LogP contribution < -0.4 is 15.4 Å². The second-order valence-electron chi connectivity index (χ2n) is 5.37. The van der Waals surface area contributed by atoms with Gasteiger partial charge in [0.2, 0.25) is 5.91 Å². The van der Waals surface area contributed by atoms with E-state index in [9.17, 15) is 4.79 Å². The second-order valence-corrected chi connectivity index (χ2v) is 5.37. The van der Waals surface area contributed by atoms with Gasteiger partial charge in [0.15, 0.2) is 0 Å². The molecule has 0 bridgehead atoms. The molecule has 1 atom stereocenters. The van der Waals surface area contributed by atoms with E-state index < -0.39 is 0 Å².